The molecule has 4 heterocycles. The molecule has 2 fully saturated rings. The van der Waals surface area contributed by atoms with Crippen LogP contribution in [0.2, 0.25) is 0 Å². The summed E-state index contributed by atoms with van der Waals surface area (Å²) in [6.45, 7) is 6.96. The SMILES string of the molecule is CC(C)c1cnn2c(NCc3ccccc3-n3cccn3)nc(OC3C[C@H]4CNC[C@@H]34)nc12. The second kappa shape index (κ2) is 8.15. The molecule has 4 aromatic rings. The smallest absolute Gasteiger partial charge is 0.322 e. The zero-order valence-corrected chi connectivity index (χ0v) is 18.8. The largest absolute Gasteiger partial charge is 0.460 e. The van der Waals surface area contributed by atoms with Crippen molar-refractivity contribution in [1.29, 1.82) is 0 Å². The predicted octanol–water partition coefficient (Wildman–Crippen LogP) is 3.03. The van der Waals surface area contributed by atoms with Crippen LogP contribution in [0.25, 0.3) is 11.3 Å². The number of nitrogens with zero attached hydrogens (tertiary/aromatic N) is 6. The Morgan fingerprint density at radius 1 is 1.15 bits per heavy atom. The monoisotopic (exact) mass is 444 g/mol. The molecular weight excluding hydrogens is 416 g/mol. The molecule has 0 spiro atoms. The highest BCUT2D eigenvalue weighted by atomic mass is 16.5. The van der Waals surface area contributed by atoms with Gasteiger partial charge in [-0.3, -0.25) is 0 Å². The third-order valence-electron chi connectivity index (χ3n) is 6.84. The van der Waals surface area contributed by atoms with Crippen LogP contribution in [0.15, 0.2) is 48.9 Å². The quantitative estimate of drug-likeness (QED) is 0.452. The maximum Gasteiger partial charge on any atom is 0.322 e. The first-order valence-corrected chi connectivity index (χ1v) is 11.6. The van der Waals surface area contributed by atoms with Crippen LogP contribution in [0.5, 0.6) is 6.01 Å². The van der Waals surface area contributed by atoms with Crippen LogP contribution in [-0.4, -0.2) is 48.6 Å². The molecule has 2 N–H and O–H groups in total. The first-order chi connectivity index (χ1) is 16.2. The van der Waals surface area contributed by atoms with E-state index in [2.05, 4.69) is 46.8 Å². The van der Waals surface area contributed by atoms with Crippen molar-refractivity contribution < 1.29 is 4.74 Å². The van der Waals surface area contributed by atoms with Gasteiger partial charge in [-0.05, 0) is 42.5 Å². The molecule has 1 saturated heterocycles. The van der Waals surface area contributed by atoms with Gasteiger partial charge in [0, 0.05) is 37.0 Å². The highest BCUT2D eigenvalue weighted by molar-refractivity contribution is 5.53. The van der Waals surface area contributed by atoms with Crippen LogP contribution in [0.1, 0.15) is 37.3 Å². The molecule has 9 heteroatoms. The minimum Gasteiger partial charge on any atom is -0.460 e. The van der Waals surface area contributed by atoms with Gasteiger partial charge in [0.15, 0.2) is 5.65 Å². The van der Waals surface area contributed by atoms with Crippen LogP contribution < -0.4 is 15.4 Å². The molecule has 33 heavy (non-hydrogen) atoms. The molecule has 0 radical (unpaired) electrons. The Labute approximate surface area is 192 Å². The Bertz CT molecular complexity index is 1260. The lowest BCUT2D eigenvalue weighted by Crippen LogP contribution is -2.44. The number of hydrogen-bond acceptors (Lipinski definition) is 7. The van der Waals surface area contributed by atoms with E-state index < -0.39 is 0 Å². The molecule has 6 rings (SSSR count). The molecule has 1 aliphatic carbocycles. The number of anilines is 1. The van der Waals surface area contributed by atoms with Crippen LogP contribution in [0.3, 0.4) is 0 Å². The second-order valence-electron chi connectivity index (χ2n) is 9.23. The van der Waals surface area contributed by atoms with Gasteiger partial charge in [0.25, 0.3) is 0 Å². The number of hydrogen-bond donors (Lipinski definition) is 2. The normalized spacial score (nSPS) is 21.8. The van der Waals surface area contributed by atoms with E-state index in [-0.39, 0.29) is 6.10 Å². The minimum absolute atomic E-state index is 0.172. The van der Waals surface area contributed by atoms with Crippen molar-refractivity contribution >= 4 is 11.6 Å². The average Bonchev–Trinajstić information content (AvgIpc) is 3.55. The summed E-state index contributed by atoms with van der Waals surface area (Å²) >= 11 is 0. The van der Waals surface area contributed by atoms with E-state index in [9.17, 15) is 0 Å². The topological polar surface area (TPSA) is 94.2 Å². The van der Waals surface area contributed by atoms with Crippen LogP contribution in [0, 0.1) is 11.8 Å². The number of aromatic nitrogens is 6. The molecule has 1 aromatic carbocycles. The summed E-state index contributed by atoms with van der Waals surface area (Å²) in [6.07, 6.45) is 6.83. The van der Waals surface area contributed by atoms with E-state index >= 15 is 0 Å². The summed E-state index contributed by atoms with van der Waals surface area (Å²) in [5.74, 6) is 2.19. The zero-order valence-electron chi connectivity index (χ0n) is 18.8. The van der Waals surface area contributed by atoms with Crippen molar-refractivity contribution in [2.75, 3.05) is 18.4 Å². The number of benzene rings is 1. The minimum atomic E-state index is 0.172. The zero-order chi connectivity index (χ0) is 22.4. The lowest BCUT2D eigenvalue weighted by Gasteiger charge is -2.38. The van der Waals surface area contributed by atoms with Crippen molar-refractivity contribution in [2.45, 2.75) is 38.8 Å². The standard InChI is InChI=1S/C24H28N8O/c1-15(2)18-14-28-32-22(18)29-24(33-21-10-17-11-25-13-19(17)21)30-23(32)26-12-16-6-3-4-7-20(16)31-9-5-8-27-31/h3-9,14-15,17,19,21,25H,10-13H2,1-2H3,(H,26,29,30)/t17-,19+,21?/m0/s1. The molecular formula is C24H28N8O. The maximum absolute atomic E-state index is 6.29. The van der Waals surface area contributed by atoms with E-state index in [0.717, 1.165) is 47.9 Å². The lowest BCUT2D eigenvalue weighted by atomic mass is 9.73. The summed E-state index contributed by atoms with van der Waals surface area (Å²) in [4.78, 5) is 9.49. The first kappa shape index (κ1) is 20.2. The number of ether oxygens (including phenoxy) is 1. The Kier molecular flexibility index (Phi) is 4.98. The molecule has 2 aliphatic rings. The van der Waals surface area contributed by atoms with E-state index in [4.69, 9.17) is 14.7 Å². The van der Waals surface area contributed by atoms with Crippen molar-refractivity contribution in [2.24, 2.45) is 11.8 Å². The fraction of sp³-hybridized carbons (Fsp3) is 0.417. The van der Waals surface area contributed by atoms with Gasteiger partial charge in [-0.1, -0.05) is 32.0 Å². The van der Waals surface area contributed by atoms with Crippen LogP contribution >= 0.6 is 0 Å². The average molecular weight is 445 g/mol. The molecule has 0 amide bonds. The second-order valence-corrected chi connectivity index (χ2v) is 9.23. The van der Waals surface area contributed by atoms with E-state index in [1.165, 1.54) is 0 Å². The summed E-state index contributed by atoms with van der Waals surface area (Å²) in [7, 11) is 0. The van der Waals surface area contributed by atoms with Gasteiger partial charge in [-0.15, -0.1) is 0 Å². The number of para-hydroxylation sites is 1. The summed E-state index contributed by atoms with van der Waals surface area (Å²) in [5, 5.41) is 15.9. The molecule has 170 valence electrons. The fourth-order valence-corrected chi connectivity index (χ4v) is 4.91. The summed E-state index contributed by atoms with van der Waals surface area (Å²) in [5.41, 5.74) is 3.99. The number of nitrogens with one attached hydrogen (secondary N) is 2. The number of rotatable bonds is 7. The maximum atomic E-state index is 6.29. The lowest BCUT2D eigenvalue weighted by molar-refractivity contribution is 0.0101. The van der Waals surface area contributed by atoms with Gasteiger partial charge in [0.1, 0.15) is 6.10 Å². The fourth-order valence-electron chi connectivity index (χ4n) is 4.91. The number of fused-ring (bicyclic) bond motifs is 2. The third-order valence-corrected chi connectivity index (χ3v) is 6.84. The van der Waals surface area contributed by atoms with Gasteiger partial charge in [0.05, 0.1) is 11.9 Å². The molecule has 3 atom stereocenters. The molecule has 1 saturated carbocycles. The van der Waals surface area contributed by atoms with E-state index in [1.54, 1.807) is 10.7 Å². The molecule has 3 aromatic heterocycles. The summed E-state index contributed by atoms with van der Waals surface area (Å²) in [6, 6.07) is 10.5. The van der Waals surface area contributed by atoms with Gasteiger partial charge in [-0.25, -0.2) is 4.68 Å². The highest BCUT2D eigenvalue weighted by Gasteiger charge is 2.46. The van der Waals surface area contributed by atoms with E-state index in [0.29, 0.717) is 30.3 Å². The van der Waals surface area contributed by atoms with Crippen molar-refractivity contribution in [3.8, 4) is 11.7 Å². The van der Waals surface area contributed by atoms with Gasteiger partial charge in [0.2, 0.25) is 5.95 Å². The van der Waals surface area contributed by atoms with Gasteiger partial charge < -0.3 is 15.4 Å². The molecule has 1 aliphatic heterocycles. The third kappa shape index (κ3) is 3.62. The van der Waals surface area contributed by atoms with Gasteiger partial charge >= 0.3 is 6.01 Å². The summed E-state index contributed by atoms with van der Waals surface area (Å²) < 4.78 is 9.94. The molecule has 9 nitrogen and oxygen atoms in total. The Morgan fingerprint density at radius 3 is 2.88 bits per heavy atom. The Hall–Kier alpha value is -3.46. The predicted molar refractivity (Wildman–Crippen MR) is 125 cm³/mol. The highest BCUT2D eigenvalue weighted by Crippen LogP contribution is 2.39. The van der Waals surface area contributed by atoms with Crippen molar-refractivity contribution in [3.05, 3.63) is 60.0 Å². The Balaban J connectivity index is 1.31. The van der Waals surface area contributed by atoms with Crippen LogP contribution in [-0.2, 0) is 6.54 Å². The van der Waals surface area contributed by atoms with Crippen LogP contribution in [0.4, 0.5) is 5.95 Å². The van der Waals surface area contributed by atoms with Gasteiger partial charge in [-0.2, -0.15) is 24.7 Å². The molecule has 1 unspecified atom stereocenters. The Morgan fingerprint density at radius 2 is 2.06 bits per heavy atom. The first-order valence-electron chi connectivity index (χ1n) is 11.6. The van der Waals surface area contributed by atoms with Crippen molar-refractivity contribution in [1.82, 2.24) is 34.7 Å². The van der Waals surface area contributed by atoms with E-state index in [1.807, 2.05) is 35.3 Å². The van der Waals surface area contributed by atoms with Crippen molar-refractivity contribution in [3.63, 3.8) is 0 Å². The molecule has 0 bridgehead atoms.